The topological polar surface area (TPSA) is 55.4 Å². The molecule has 1 amide bonds. The maximum atomic E-state index is 11.8. The summed E-state index contributed by atoms with van der Waals surface area (Å²) in [6, 6.07) is 7.05. The summed E-state index contributed by atoms with van der Waals surface area (Å²) in [6.07, 6.45) is 0. The fourth-order valence-electron chi connectivity index (χ4n) is 1.41. The zero-order valence-electron chi connectivity index (χ0n) is 12.6. The van der Waals surface area contributed by atoms with Crippen LogP contribution in [0.1, 0.15) is 27.7 Å². The molecule has 0 heterocycles. The van der Waals surface area contributed by atoms with Gasteiger partial charge in [-0.15, -0.1) is 11.8 Å². The lowest BCUT2D eigenvalue weighted by Crippen LogP contribution is -2.42. The highest BCUT2D eigenvalue weighted by molar-refractivity contribution is 9.10. The molecule has 0 aliphatic rings. The quantitative estimate of drug-likeness (QED) is 0.634. The van der Waals surface area contributed by atoms with Gasteiger partial charge in [-0.1, -0.05) is 15.9 Å². The van der Waals surface area contributed by atoms with E-state index in [1.54, 1.807) is 27.7 Å². The third-order valence-corrected chi connectivity index (χ3v) is 3.86. The van der Waals surface area contributed by atoms with Gasteiger partial charge in [0, 0.05) is 9.37 Å². The van der Waals surface area contributed by atoms with Crippen molar-refractivity contribution in [3.05, 3.63) is 28.7 Å². The highest BCUT2D eigenvalue weighted by Gasteiger charge is 2.22. The minimum atomic E-state index is -0.651. The van der Waals surface area contributed by atoms with E-state index in [1.807, 2.05) is 24.3 Å². The van der Waals surface area contributed by atoms with Gasteiger partial charge in [0.15, 0.2) is 0 Å². The summed E-state index contributed by atoms with van der Waals surface area (Å²) in [5, 5.41) is 2.64. The Hall–Kier alpha value is -1.01. The third kappa shape index (κ3) is 7.52. The number of hydrogen-bond donors (Lipinski definition) is 1. The fraction of sp³-hybridized carbons (Fsp3) is 0.467. The van der Waals surface area contributed by atoms with E-state index in [2.05, 4.69) is 21.2 Å². The standard InChI is InChI=1S/C15H20BrNO3S/c1-10(14(19)20-15(2,3)4)17-13(18)9-21-12-7-5-11(16)6-8-12/h5-8,10H,9H2,1-4H3,(H,17,18)/t10-/m0/s1. The Kier molecular flexibility index (Phi) is 6.74. The lowest BCUT2D eigenvalue weighted by molar-refractivity contribution is -0.157. The molecule has 1 rings (SSSR count). The number of benzene rings is 1. The molecule has 0 fully saturated rings. The Bertz CT molecular complexity index is 497. The molecule has 116 valence electrons. The van der Waals surface area contributed by atoms with Crippen LogP contribution in [0.5, 0.6) is 0 Å². The number of ether oxygens (including phenoxy) is 1. The summed E-state index contributed by atoms with van der Waals surface area (Å²) in [6.45, 7) is 7.00. The minimum Gasteiger partial charge on any atom is -0.458 e. The molecular weight excluding hydrogens is 354 g/mol. The van der Waals surface area contributed by atoms with Crippen LogP contribution < -0.4 is 5.32 Å². The van der Waals surface area contributed by atoms with Crippen LogP contribution in [-0.4, -0.2) is 29.3 Å². The average molecular weight is 374 g/mol. The molecule has 1 aromatic rings. The van der Waals surface area contributed by atoms with Gasteiger partial charge in [-0.25, -0.2) is 4.79 Å². The van der Waals surface area contributed by atoms with Crippen LogP contribution in [0.2, 0.25) is 0 Å². The lowest BCUT2D eigenvalue weighted by atomic mass is 10.2. The molecule has 0 spiro atoms. The van der Waals surface area contributed by atoms with Gasteiger partial charge >= 0.3 is 5.97 Å². The first kappa shape index (κ1) is 18.0. The van der Waals surface area contributed by atoms with Crippen molar-refractivity contribution in [2.24, 2.45) is 0 Å². The van der Waals surface area contributed by atoms with Gasteiger partial charge < -0.3 is 10.1 Å². The van der Waals surface area contributed by atoms with Crippen LogP contribution in [0.3, 0.4) is 0 Å². The zero-order valence-corrected chi connectivity index (χ0v) is 15.0. The number of carbonyl (C=O) groups is 2. The van der Waals surface area contributed by atoms with E-state index >= 15 is 0 Å². The first-order valence-electron chi connectivity index (χ1n) is 6.58. The Labute approximate surface area is 138 Å². The SMILES string of the molecule is C[C@H](NC(=O)CSc1ccc(Br)cc1)C(=O)OC(C)(C)C. The van der Waals surface area contributed by atoms with Crippen molar-refractivity contribution in [2.45, 2.75) is 44.2 Å². The zero-order chi connectivity index (χ0) is 16.0. The number of rotatable bonds is 5. The molecule has 0 saturated carbocycles. The molecule has 0 radical (unpaired) electrons. The normalized spacial score (nSPS) is 12.6. The predicted octanol–water partition coefficient (Wildman–Crippen LogP) is 3.39. The summed E-state index contributed by atoms with van der Waals surface area (Å²) in [5.74, 6) is -0.361. The minimum absolute atomic E-state index is 0.193. The van der Waals surface area contributed by atoms with Crippen molar-refractivity contribution < 1.29 is 14.3 Å². The fourth-order valence-corrected chi connectivity index (χ4v) is 2.39. The van der Waals surface area contributed by atoms with E-state index in [0.717, 1.165) is 9.37 Å². The van der Waals surface area contributed by atoms with Crippen LogP contribution in [-0.2, 0) is 14.3 Å². The second-order valence-corrected chi connectivity index (χ2v) is 7.53. The van der Waals surface area contributed by atoms with Gasteiger partial charge in [-0.2, -0.15) is 0 Å². The van der Waals surface area contributed by atoms with Crippen molar-refractivity contribution in [1.29, 1.82) is 0 Å². The molecule has 1 atom stereocenters. The summed E-state index contributed by atoms with van der Waals surface area (Å²) in [4.78, 5) is 24.6. The maximum Gasteiger partial charge on any atom is 0.328 e. The van der Waals surface area contributed by atoms with Crippen LogP contribution in [0.15, 0.2) is 33.6 Å². The molecule has 0 unspecified atom stereocenters. The number of hydrogen-bond acceptors (Lipinski definition) is 4. The number of amides is 1. The number of esters is 1. The molecule has 1 N–H and O–H groups in total. The Morgan fingerprint density at radius 2 is 1.86 bits per heavy atom. The summed E-state index contributed by atoms with van der Waals surface area (Å²) >= 11 is 4.78. The monoisotopic (exact) mass is 373 g/mol. The second-order valence-electron chi connectivity index (χ2n) is 5.57. The van der Waals surface area contributed by atoms with Crippen molar-refractivity contribution in [1.82, 2.24) is 5.32 Å². The molecule has 0 bridgehead atoms. The number of halogens is 1. The van der Waals surface area contributed by atoms with Crippen LogP contribution >= 0.6 is 27.7 Å². The van der Waals surface area contributed by atoms with Gasteiger partial charge in [-0.3, -0.25) is 4.79 Å². The van der Waals surface area contributed by atoms with E-state index in [-0.39, 0.29) is 11.7 Å². The van der Waals surface area contributed by atoms with E-state index in [4.69, 9.17) is 4.74 Å². The summed E-state index contributed by atoms with van der Waals surface area (Å²) in [5.41, 5.74) is -0.553. The number of carbonyl (C=O) groups excluding carboxylic acids is 2. The van der Waals surface area contributed by atoms with E-state index in [0.29, 0.717) is 0 Å². The predicted molar refractivity (Wildman–Crippen MR) is 88.3 cm³/mol. The molecule has 0 aromatic heterocycles. The van der Waals surface area contributed by atoms with Gasteiger partial charge in [0.2, 0.25) is 5.91 Å². The largest absolute Gasteiger partial charge is 0.458 e. The third-order valence-electron chi connectivity index (χ3n) is 2.32. The first-order chi connectivity index (χ1) is 9.67. The summed E-state index contributed by atoms with van der Waals surface area (Å²) < 4.78 is 6.21. The van der Waals surface area contributed by atoms with Crippen LogP contribution in [0, 0.1) is 0 Å². The second kappa shape index (κ2) is 7.84. The Morgan fingerprint density at radius 3 is 2.38 bits per heavy atom. The van der Waals surface area contributed by atoms with E-state index < -0.39 is 17.6 Å². The first-order valence-corrected chi connectivity index (χ1v) is 8.36. The molecule has 6 heteroatoms. The van der Waals surface area contributed by atoms with Gasteiger partial charge in [0.25, 0.3) is 0 Å². The van der Waals surface area contributed by atoms with Gasteiger partial charge in [-0.05, 0) is 52.0 Å². The number of thioether (sulfide) groups is 1. The lowest BCUT2D eigenvalue weighted by Gasteiger charge is -2.22. The van der Waals surface area contributed by atoms with Crippen LogP contribution in [0.25, 0.3) is 0 Å². The van der Waals surface area contributed by atoms with Gasteiger partial charge in [0.1, 0.15) is 11.6 Å². The van der Waals surface area contributed by atoms with E-state index in [9.17, 15) is 9.59 Å². The van der Waals surface area contributed by atoms with Crippen LogP contribution in [0.4, 0.5) is 0 Å². The smallest absolute Gasteiger partial charge is 0.328 e. The number of nitrogens with one attached hydrogen (secondary N) is 1. The Balaban J connectivity index is 2.39. The van der Waals surface area contributed by atoms with Crippen molar-refractivity contribution in [2.75, 3.05) is 5.75 Å². The van der Waals surface area contributed by atoms with E-state index in [1.165, 1.54) is 11.8 Å². The Morgan fingerprint density at radius 1 is 1.29 bits per heavy atom. The van der Waals surface area contributed by atoms with Gasteiger partial charge in [0.05, 0.1) is 5.75 Å². The summed E-state index contributed by atoms with van der Waals surface area (Å²) in [7, 11) is 0. The molecule has 0 aliphatic carbocycles. The molecular formula is C15H20BrNO3S. The highest BCUT2D eigenvalue weighted by Crippen LogP contribution is 2.20. The van der Waals surface area contributed by atoms with Crippen molar-refractivity contribution in [3.8, 4) is 0 Å². The van der Waals surface area contributed by atoms with Crippen molar-refractivity contribution in [3.63, 3.8) is 0 Å². The maximum absolute atomic E-state index is 11.8. The molecule has 0 saturated heterocycles. The molecule has 4 nitrogen and oxygen atoms in total. The average Bonchev–Trinajstić information content (AvgIpc) is 2.36. The molecule has 21 heavy (non-hydrogen) atoms. The molecule has 0 aliphatic heterocycles. The highest BCUT2D eigenvalue weighted by atomic mass is 79.9. The molecule has 1 aromatic carbocycles. The van der Waals surface area contributed by atoms with Crippen molar-refractivity contribution >= 4 is 39.6 Å².